The van der Waals surface area contributed by atoms with Crippen molar-refractivity contribution >= 4 is 18.4 Å². The van der Waals surface area contributed by atoms with Crippen molar-refractivity contribution in [3.8, 4) is 12.3 Å². The van der Waals surface area contributed by atoms with Crippen LogP contribution in [0.25, 0.3) is 0 Å². The van der Waals surface area contributed by atoms with Gasteiger partial charge in [0.1, 0.15) is 0 Å². The summed E-state index contributed by atoms with van der Waals surface area (Å²) >= 11 is -1.89. The molecule has 1 saturated carbocycles. The standard InChI is InChI=1S/C5H5.3C4H9.Sn/c1-2-5-3-4-5;3*1-3-4-2;/h1,3,5H,4H2;3*1,3-4H2,2H3;. The van der Waals surface area contributed by atoms with Crippen molar-refractivity contribution in [3.63, 3.8) is 0 Å². The molecule has 0 spiro atoms. The van der Waals surface area contributed by atoms with E-state index in [1.165, 1.54) is 44.9 Å². The summed E-state index contributed by atoms with van der Waals surface area (Å²) in [6.45, 7) is 7.05. The number of rotatable bonds is 10. The van der Waals surface area contributed by atoms with Crippen LogP contribution in [0.2, 0.25) is 17.2 Å². The van der Waals surface area contributed by atoms with E-state index in [0.717, 1.165) is 3.93 Å². The molecule has 0 bridgehead atoms. The van der Waals surface area contributed by atoms with Gasteiger partial charge in [-0.15, -0.1) is 0 Å². The molecule has 1 aliphatic rings. The van der Waals surface area contributed by atoms with Crippen LogP contribution in [-0.2, 0) is 0 Å². The summed E-state index contributed by atoms with van der Waals surface area (Å²) in [6, 6.07) is 0. The van der Waals surface area contributed by atoms with E-state index in [0.29, 0.717) is 5.92 Å². The third-order valence-electron chi connectivity index (χ3n) is 4.88. The summed E-state index contributed by atoms with van der Waals surface area (Å²) in [4.78, 5) is 0. The number of terminal acetylenes is 1. The number of unbranched alkanes of at least 4 members (excludes halogenated alkanes) is 3. The molecule has 0 N–H and O–H groups in total. The Morgan fingerprint density at radius 1 is 0.944 bits per heavy atom. The van der Waals surface area contributed by atoms with Crippen molar-refractivity contribution in [2.24, 2.45) is 5.92 Å². The van der Waals surface area contributed by atoms with Gasteiger partial charge < -0.3 is 0 Å². The third-order valence-corrected chi connectivity index (χ3v) is 22.7. The van der Waals surface area contributed by atoms with Crippen molar-refractivity contribution in [1.82, 2.24) is 0 Å². The van der Waals surface area contributed by atoms with Crippen LogP contribution >= 0.6 is 0 Å². The van der Waals surface area contributed by atoms with Crippen LogP contribution in [-0.4, -0.2) is 18.4 Å². The predicted molar refractivity (Wildman–Crippen MR) is 85.6 cm³/mol. The van der Waals surface area contributed by atoms with Gasteiger partial charge in [0.2, 0.25) is 0 Å². The molecular weight excluding hydrogens is 323 g/mol. The zero-order valence-electron chi connectivity index (χ0n) is 12.8. The molecule has 0 nitrogen and oxygen atoms in total. The molecule has 0 amide bonds. The van der Waals surface area contributed by atoms with E-state index in [1.54, 1.807) is 13.3 Å². The monoisotopic (exact) mass is 356 g/mol. The van der Waals surface area contributed by atoms with Gasteiger partial charge in [-0.1, -0.05) is 0 Å². The Hall–Kier alpha value is 0.359. The van der Waals surface area contributed by atoms with E-state index >= 15 is 0 Å². The van der Waals surface area contributed by atoms with Gasteiger partial charge in [-0.25, -0.2) is 0 Å². The maximum absolute atomic E-state index is 5.69. The van der Waals surface area contributed by atoms with Crippen LogP contribution in [0.3, 0.4) is 0 Å². The van der Waals surface area contributed by atoms with Gasteiger partial charge in [-0.3, -0.25) is 0 Å². The molecule has 0 aromatic carbocycles. The molecule has 1 aliphatic carbocycles. The van der Waals surface area contributed by atoms with Crippen LogP contribution in [0.5, 0.6) is 0 Å². The number of hydrogen-bond acceptors (Lipinski definition) is 0. The summed E-state index contributed by atoms with van der Waals surface area (Å²) < 4.78 is 5.96. The molecular formula is C17H32Sn. The Kier molecular flexibility index (Phi) is 7.76. The Morgan fingerprint density at radius 3 is 1.67 bits per heavy atom. The average Bonchev–Trinajstić information content (AvgIpc) is 3.18. The number of hydrogen-bond donors (Lipinski definition) is 0. The molecule has 0 radical (unpaired) electrons. The van der Waals surface area contributed by atoms with Crippen LogP contribution in [0, 0.1) is 18.3 Å². The minimum absolute atomic E-state index is 0.700. The Bertz CT molecular complexity index is 241. The Labute approximate surface area is 119 Å². The topological polar surface area (TPSA) is 0 Å². The molecule has 0 saturated heterocycles. The van der Waals surface area contributed by atoms with Crippen LogP contribution in [0.1, 0.15) is 65.7 Å². The van der Waals surface area contributed by atoms with Crippen molar-refractivity contribution in [2.75, 3.05) is 0 Å². The predicted octanol–water partition coefficient (Wildman–Crippen LogP) is 5.86. The van der Waals surface area contributed by atoms with E-state index in [-0.39, 0.29) is 0 Å². The van der Waals surface area contributed by atoms with Gasteiger partial charge in [0, 0.05) is 0 Å². The molecule has 0 heterocycles. The molecule has 1 heteroatoms. The van der Waals surface area contributed by atoms with Gasteiger partial charge in [-0.05, 0) is 0 Å². The first-order valence-electron chi connectivity index (χ1n) is 8.20. The van der Waals surface area contributed by atoms with Gasteiger partial charge >= 0.3 is 120 Å². The second-order valence-electron chi connectivity index (χ2n) is 6.29. The first-order chi connectivity index (χ1) is 8.74. The van der Waals surface area contributed by atoms with Gasteiger partial charge in [0.05, 0.1) is 0 Å². The van der Waals surface area contributed by atoms with Crippen LogP contribution in [0.15, 0.2) is 0 Å². The Balaban J connectivity index is 2.69. The van der Waals surface area contributed by atoms with Crippen LogP contribution < -0.4 is 0 Å². The fourth-order valence-corrected chi connectivity index (χ4v) is 22.8. The Morgan fingerprint density at radius 2 is 1.39 bits per heavy atom. The van der Waals surface area contributed by atoms with E-state index in [2.05, 4.69) is 26.7 Å². The fourth-order valence-electron chi connectivity index (χ4n) is 3.57. The molecule has 0 aliphatic heterocycles. The summed E-state index contributed by atoms with van der Waals surface area (Å²) in [5, 5.41) is 0. The van der Waals surface area contributed by atoms with Gasteiger partial charge in [0.15, 0.2) is 0 Å². The molecule has 18 heavy (non-hydrogen) atoms. The molecule has 1 fully saturated rings. The first-order valence-corrected chi connectivity index (χ1v) is 15.9. The van der Waals surface area contributed by atoms with Gasteiger partial charge in [0.25, 0.3) is 0 Å². The van der Waals surface area contributed by atoms with Crippen molar-refractivity contribution in [3.05, 3.63) is 0 Å². The second-order valence-corrected chi connectivity index (χ2v) is 20.5. The van der Waals surface area contributed by atoms with Gasteiger partial charge in [-0.2, -0.15) is 0 Å². The molecule has 2 unspecified atom stereocenters. The van der Waals surface area contributed by atoms with Crippen LogP contribution in [0.4, 0.5) is 0 Å². The zero-order chi connectivity index (χ0) is 13.4. The molecule has 2 atom stereocenters. The molecule has 0 aromatic heterocycles. The minimum atomic E-state index is -1.89. The molecule has 0 aromatic rings. The van der Waals surface area contributed by atoms with Crippen molar-refractivity contribution in [2.45, 2.75) is 83.0 Å². The van der Waals surface area contributed by atoms with Crippen molar-refractivity contribution in [1.29, 1.82) is 0 Å². The normalized spacial score (nSPS) is 22.8. The van der Waals surface area contributed by atoms with E-state index in [1.807, 2.05) is 0 Å². The van der Waals surface area contributed by atoms with E-state index < -0.39 is 18.4 Å². The SMILES string of the molecule is C#CC1C[CH]1[Sn]([CH2]CCC)([CH2]CCC)[CH2]CCC. The maximum atomic E-state index is 5.69. The molecule has 104 valence electrons. The average molecular weight is 355 g/mol. The summed E-state index contributed by atoms with van der Waals surface area (Å²) in [5.41, 5.74) is 0. The van der Waals surface area contributed by atoms with E-state index in [4.69, 9.17) is 6.42 Å². The van der Waals surface area contributed by atoms with Crippen molar-refractivity contribution < 1.29 is 0 Å². The molecule has 1 rings (SSSR count). The fraction of sp³-hybridized carbons (Fsp3) is 0.882. The zero-order valence-corrected chi connectivity index (χ0v) is 15.7. The first kappa shape index (κ1) is 16.4. The third kappa shape index (κ3) is 4.48. The van der Waals surface area contributed by atoms with E-state index in [9.17, 15) is 0 Å². The summed E-state index contributed by atoms with van der Waals surface area (Å²) in [6.07, 6.45) is 15.7. The quantitative estimate of drug-likeness (QED) is 0.340. The summed E-state index contributed by atoms with van der Waals surface area (Å²) in [7, 11) is 0. The second kappa shape index (κ2) is 8.51. The summed E-state index contributed by atoms with van der Waals surface area (Å²) in [5.74, 6) is 3.78.